The van der Waals surface area contributed by atoms with Crippen LogP contribution in [0.15, 0.2) is 11.9 Å². The lowest BCUT2D eigenvalue weighted by Gasteiger charge is -2.23. The topological polar surface area (TPSA) is 44.8 Å². The van der Waals surface area contributed by atoms with Gasteiger partial charge in [0.2, 0.25) is 0 Å². The predicted molar refractivity (Wildman–Crippen MR) is 46.3 cm³/mol. The first kappa shape index (κ1) is 11.0. The summed E-state index contributed by atoms with van der Waals surface area (Å²) in [6.45, 7) is 4.49. The molecule has 1 fully saturated rings. The largest absolute Gasteiger partial charge is 0.511 e. The molecule has 0 spiro atoms. The molecule has 0 saturated carbocycles. The Bertz CT molecular complexity index is 264. The number of rotatable bonds is 3. The molecule has 5 heteroatoms. The number of ether oxygens (including phenoxy) is 3. The summed E-state index contributed by atoms with van der Waals surface area (Å²) in [4.78, 5) is 10.8. The third-order valence-corrected chi connectivity index (χ3v) is 2.11. The van der Waals surface area contributed by atoms with Gasteiger partial charge in [0.1, 0.15) is 12.4 Å². The minimum Gasteiger partial charge on any atom is -0.424 e. The van der Waals surface area contributed by atoms with Crippen LogP contribution >= 0.6 is 0 Å². The molecule has 4 nitrogen and oxygen atoms in total. The Hall–Kier alpha value is -1.10. The summed E-state index contributed by atoms with van der Waals surface area (Å²) in [5, 5.41) is 0. The summed E-state index contributed by atoms with van der Waals surface area (Å²) >= 11 is 0. The lowest BCUT2D eigenvalue weighted by Crippen LogP contribution is -2.38. The van der Waals surface area contributed by atoms with Gasteiger partial charge in [0.25, 0.3) is 5.79 Å². The molecule has 0 N–H and O–H groups in total. The van der Waals surface area contributed by atoms with Crippen molar-refractivity contribution in [3.05, 3.63) is 11.9 Å². The molecule has 0 amide bonds. The molecule has 0 aliphatic carbocycles. The Kier molecular flexibility index (Phi) is 3.10. The van der Waals surface area contributed by atoms with Gasteiger partial charge in [-0.2, -0.15) is 0 Å². The number of halogens is 1. The maximum atomic E-state index is 12.7. The average Bonchev–Trinajstić information content (AvgIpc) is 2.37. The Morgan fingerprint density at radius 1 is 1.79 bits per heavy atom. The Morgan fingerprint density at radius 3 is 2.86 bits per heavy atom. The first-order chi connectivity index (χ1) is 6.48. The first-order valence-corrected chi connectivity index (χ1v) is 4.32. The highest BCUT2D eigenvalue weighted by atomic mass is 19.1. The van der Waals surface area contributed by atoms with Gasteiger partial charge in [-0.3, -0.25) is 0 Å². The number of cyclic esters (lactones) is 2. The zero-order chi connectivity index (χ0) is 10.8. The van der Waals surface area contributed by atoms with Gasteiger partial charge in [-0.25, -0.2) is 9.18 Å². The summed E-state index contributed by atoms with van der Waals surface area (Å²) in [6, 6.07) is 0. The first-order valence-electron chi connectivity index (χ1n) is 4.32. The van der Waals surface area contributed by atoms with Crippen molar-refractivity contribution in [2.75, 3.05) is 6.61 Å². The van der Waals surface area contributed by atoms with Gasteiger partial charge < -0.3 is 14.2 Å². The van der Waals surface area contributed by atoms with Gasteiger partial charge in [0.15, 0.2) is 6.10 Å². The lowest BCUT2D eigenvalue weighted by molar-refractivity contribution is -0.182. The van der Waals surface area contributed by atoms with E-state index in [1.165, 1.54) is 13.0 Å². The summed E-state index contributed by atoms with van der Waals surface area (Å²) in [7, 11) is 0. The summed E-state index contributed by atoms with van der Waals surface area (Å²) in [6.07, 6.45) is -0.0494. The van der Waals surface area contributed by atoms with Crippen LogP contribution in [0.2, 0.25) is 0 Å². The van der Waals surface area contributed by atoms with Crippen LogP contribution in [-0.2, 0) is 14.2 Å². The molecule has 80 valence electrons. The third-order valence-electron chi connectivity index (χ3n) is 2.11. The second-order valence-electron chi connectivity index (χ2n) is 3.15. The highest BCUT2D eigenvalue weighted by molar-refractivity contribution is 5.62. The zero-order valence-corrected chi connectivity index (χ0v) is 8.37. The highest BCUT2D eigenvalue weighted by Crippen LogP contribution is 2.28. The monoisotopic (exact) mass is 204 g/mol. The molecule has 1 heterocycles. The minimum absolute atomic E-state index is 0.228. The summed E-state index contributed by atoms with van der Waals surface area (Å²) in [5.74, 6) is -1.61. The molecule has 1 aliphatic heterocycles. The lowest BCUT2D eigenvalue weighted by atomic mass is 10.2. The maximum Gasteiger partial charge on any atom is 0.511 e. The fraction of sp³-hybridized carbons (Fsp3) is 0.667. The van der Waals surface area contributed by atoms with E-state index in [1.54, 1.807) is 13.8 Å². The molecule has 0 aromatic carbocycles. The molecule has 1 rings (SSSR count). The number of hydrogen-bond acceptors (Lipinski definition) is 4. The molecule has 2 atom stereocenters. The minimum atomic E-state index is -1.20. The predicted octanol–water partition coefficient (Wildman–Crippen LogP) is 2.15. The van der Waals surface area contributed by atoms with E-state index in [9.17, 15) is 9.18 Å². The number of carbonyl (C=O) groups excluding carboxylic acids is 1. The number of carbonyl (C=O) groups is 1. The van der Waals surface area contributed by atoms with Gasteiger partial charge in [0.05, 0.1) is 0 Å². The van der Waals surface area contributed by atoms with Gasteiger partial charge in [-0.1, -0.05) is 6.08 Å². The molecule has 1 saturated heterocycles. The standard InChI is InChI=1S/C9H13FO4/c1-4-7(10)5-12-9(3)6(2)13-8(11)14-9/h4,6H,5H2,1-3H3/b7-4+. The van der Waals surface area contributed by atoms with E-state index in [4.69, 9.17) is 14.2 Å². The molecule has 0 radical (unpaired) electrons. The van der Waals surface area contributed by atoms with Gasteiger partial charge in [-0.05, 0) is 13.8 Å². The Morgan fingerprint density at radius 2 is 2.43 bits per heavy atom. The van der Waals surface area contributed by atoms with E-state index < -0.39 is 23.9 Å². The molecule has 2 unspecified atom stereocenters. The van der Waals surface area contributed by atoms with Crippen molar-refractivity contribution in [3.63, 3.8) is 0 Å². The highest BCUT2D eigenvalue weighted by Gasteiger charge is 2.46. The number of hydrogen-bond donors (Lipinski definition) is 0. The van der Waals surface area contributed by atoms with Gasteiger partial charge in [0, 0.05) is 6.92 Å². The van der Waals surface area contributed by atoms with Crippen LogP contribution in [-0.4, -0.2) is 24.7 Å². The van der Waals surface area contributed by atoms with E-state index >= 15 is 0 Å². The van der Waals surface area contributed by atoms with Crippen molar-refractivity contribution in [1.82, 2.24) is 0 Å². The van der Waals surface area contributed by atoms with E-state index in [0.29, 0.717) is 0 Å². The molecule has 1 aliphatic rings. The molecule has 14 heavy (non-hydrogen) atoms. The van der Waals surface area contributed by atoms with Crippen LogP contribution in [0.4, 0.5) is 9.18 Å². The van der Waals surface area contributed by atoms with Crippen LogP contribution in [0.5, 0.6) is 0 Å². The molecule has 0 aromatic heterocycles. The SMILES string of the molecule is C/C=C(/F)COC1(C)OC(=O)OC1C. The second kappa shape index (κ2) is 3.96. The van der Waals surface area contributed by atoms with Crippen molar-refractivity contribution >= 4 is 6.16 Å². The maximum absolute atomic E-state index is 12.7. The summed E-state index contributed by atoms with van der Waals surface area (Å²) in [5.41, 5.74) is 0. The second-order valence-corrected chi connectivity index (χ2v) is 3.15. The van der Waals surface area contributed by atoms with Crippen molar-refractivity contribution in [1.29, 1.82) is 0 Å². The van der Waals surface area contributed by atoms with E-state index in [0.717, 1.165) is 0 Å². The van der Waals surface area contributed by atoms with Crippen molar-refractivity contribution in [2.45, 2.75) is 32.7 Å². The molecular weight excluding hydrogens is 191 g/mol. The number of allylic oxidation sites excluding steroid dienone is 1. The summed E-state index contributed by atoms with van der Waals surface area (Å²) < 4.78 is 27.3. The van der Waals surface area contributed by atoms with Crippen molar-refractivity contribution < 1.29 is 23.4 Å². The van der Waals surface area contributed by atoms with Crippen LogP contribution in [0.3, 0.4) is 0 Å². The normalized spacial score (nSPS) is 32.7. The van der Waals surface area contributed by atoms with Crippen molar-refractivity contribution in [3.8, 4) is 0 Å². The Labute approximate surface area is 81.6 Å². The average molecular weight is 204 g/mol. The van der Waals surface area contributed by atoms with Crippen LogP contribution in [0.25, 0.3) is 0 Å². The van der Waals surface area contributed by atoms with Crippen LogP contribution < -0.4 is 0 Å². The van der Waals surface area contributed by atoms with E-state index in [-0.39, 0.29) is 6.61 Å². The Balaban J connectivity index is 2.54. The molecule has 0 aromatic rings. The van der Waals surface area contributed by atoms with E-state index in [1.807, 2.05) is 0 Å². The van der Waals surface area contributed by atoms with Crippen LogP contribution in [0.1, 0.15) is 20.8 Å². The quantitative estimate of drug-likeness (QED) is 0.661. The zero-order valence-electron chi connectivity index (χ0n) is 8.37. The van der Waals surface area contributed by atoms with E-state index in [2.05, 4.69) is 0 Å². The van der Waals surface area contributed by atoms with Gasteiger partial charge in [-0.15, -0.1) is 0 Å². The third kappa shape index (κ3) is 2.23. The molecular formula is C9H13FO4. The molecule has 0 bridgehead atoms. The van der Waals surface area contributed by atoms with Crippen molar-refractivity contribution in [2.24, 2.45) is 0 Å². The fourth-order valence-corrected chi connectivity index (χ4v) is 0.966. The van der Waals surface area contributed by atoms with Gasteiger partial charge >= 0.3 is 6.16 Å². The van der Waals surface area contributed by atoms with Crippen LogP contribution in [0, 0.1) is 0 Å². The fourth-order valence-electron chi connectivity index (χ4n) is 0.966. The smallest absolute Gasteiger partial charge is 0.424 e.